The third kappa shape index (κ3) is 2.62. The van der Waals surface area contributed by atoms with Crippen LogP contribution in [0.4, 0.5) is 5.82 Å². The Labute approximate surface area is 119 Å². The van der Waals surface area contributed by atoms with Gasteiger partial charge in [0.2, 0.25) is 0 Å². The Morgan fingerprint density at radius 1 is 1.35 bits per heavy atom. The number of ether oxygens (including phenoxy) is 1. The standard InChI is InChI=1S/C16H20N2O2/c1-20-9-8-18(14-6-7-14)16-15-5-3-2-4-12(15)10-13(11-19)17-16/h2-5,10,14,19H,6-9,11H2,1H3. The maximum Gasteiger partial charge on any atom is 0.137 e. The van der Waals surface area contributed by atoms with Gasteiger partial charge in [0.05, 0.1) is 18.9 Å². The van der Waals surface area contributed by atoms with Gasteiger partial charge in [-0.15, -0.1) is 0 Å². The third-order valence-electron chi connectivity index (χ3n) is 3.73. The lowest BCUT2D eigenvalue weighted by atomic mass is 10.1. The average Bonchev–Trinajstić information content (AvgIpc) is 3.32. The lowest BCUT2D eigenvalue weighted by molar-refractivity contribution is 0.204. The van der Waals surface area contributed by atoms with Gasteiger partial charge in [0.25, 0.3) is 0 Å². The Balaban J connectivity index is 2.06. The highest BCUT2D eigenvalue weighted by atomic mass is 16.5. The SMILES string of the molecule is COCCN(c1nc(CO)cc2ccccc12)C1CC1. The molecule has 0 spiro atoms. The number of benzene rings is 1. The molecule has 20 heavy (non-hydrogen) atoms. The van der Waals surface area contributed by atoms with Gasteiger partial charge in [-0.3, -0.25) is 0 Å². The molecule has 0 aliphatic heterocycles. The molecule has 106 valence electrons. The maximum atomic E-state index is 9.43. The summed E-state index contributed by atoms with van der Waals surface area (Å²) < 4.78 is 5.22. The van der Waals surface area contributed by atoms with E-state index in [-0.39, 0.29) is 6.61 Å². The van der Waals surface area contributed by atoms with E-state index >= 15 is 0 Å². The summed E-state index contributed by atoms with van der Waals surface area (Å²) in [7, 11) is 1.72. The van der Waals surface area contributed by atoms with Crippen LogP contribution in [0.2, 0.25) is 0 Å². The zero-order valence-corrected chi connectivity index (χ0v) is 11.7. The molecule has 2 aromatic rings. The van der Waals surface area contributed by atoms with Gasteiger partial charge >= 0.3 is 0 Å². The Morgan fingerprint density at radius 2 is 2.15 bits per heavy atom. The number of methoxy groups -OCH3 is 1. The number of nitrogens with zero attached hydrogens (tertiary/aromatic N) is 2. The van der Waals surface area contributed by atoms with E-state index in [9.17, 15) is 5.11 Å². The summed E-state index contributed by atoms with van der Waals surface area (Å²) in [5.74, 6) is 0.978. The van der Waals surface area contributed by atoms with Crippen LogP contribution < -0.4 is 4.90 Å². The second-order valence-electron chi connectivity index (χ2n) is 5.23. The largest absolute Gasteiger partial charge is 0.390 e. The molecule has 4 heteroatoms. The summed E-state index contributed by atoms with van der Waals surface area (Å²) in [6.07, 6.45) is 2.42. The number of aromatic nitrogens is 1. The molecular formula is C16H20N2O2. The minimum atomic E-state index is -0.0272. The van der Waals surface area contributed by atoms with Gasteiger partial charge in [0, 0.05) is 25.1 Å². The van der Waals surface area contributed by atoms with Crippen LogP contribution in [0.5, 0.6) is 0 Å². The van der Waals surface area contributed by atoms with Crippen molar-refractivity contribution >= 4 is 16.6 Å². The molecule has 4 nitrogen and oxygen atoms in total. The van der Waals surface area contributed by atoms with Crippen molar-refractivity contribution in [3.63, 3.8) is 0 Å². The Morgan fingerprint density at radius 3 is 2.85 bits per heavy atom. The van der Waals surface area contributed by atoms with E-state index in [1.807, 2.05) is 18.2 Å². The molecule has 3 rings (SSSR count). The fourth-order valence-electron chi connectivity index (χ4n) is 2.57. The van der Waals surface area contributed by atoms with Crippen molar-refractivity contribution in [2.45, 2.75) is 25.5 Å². The van der Waals surface area contributed by atoms with E-state index in [0.717, 1.165) is 28.8 Å². The molecule has 0 bridgehead atoms. The normalized spacial score (nSPS) is 14.7. The molecule has 0 saturated heterocycles. The van der Waals surface area contributed by atoms with Crippen LogP contribution in [0.25, 0.3) is 10.8 Å². The zero-order chi connectivity index (χ0) is 13.9. The number of fused-ring (bicyclic) bond motifs is 1. The summed E-state index contributed by atoms with van der Waals surface area (Å²) in [6.45, 7) is 1.50. The number of pyridine rings is 1. The summed E-state index contributed by atoms with van der Waals surface area (Å²) in [6, 6.07) is 10.7. The lowest BCUT2D eigenvalue weighted by Crippen LogP contribution is -2.30. The zero-order valence-electron chi connectivity index (χ0n) is 11.7. The molecule has 1 aliphatic carbocycles. The quantitative estimate of drug-likeness (QED) is 0.876. The van der Waals surface area contributed by atoms with Crippen molar-refractivity contribution in [2.75, 3.05) is 25.2 Å². The number of aliphatic hydroxyl groups is 1. The topological polar surface area (TPSA) is 45.6 Å². The molecule has 1 aliphatic rings. The highest BCUT2D eigenvalue weighted by Gasteiger charge is 2.30. The second kappa shape index (κ2) is 5.77. The van der Waals surface area contributed by atoms with Gasteiger partial charge in [0.15, 0.2) is 0 Å². The van der Waals surface area contributed by atoms with Crippen molar-refractivity contribution in [2.24, 2.45) is 0 Å². The van der Waals surface area contributed by atoms with Crippen molar-refractivity contribution in [3.05, 3.63) is 36.0 Å². The lowest BCUT2D eigenvalue weighted by Gasteiger charge is -2.25. The fraction of sp³-hybridized carbons (Fsp3) is 0.438. The van der Waals surface area contributed by atoms with E-state index in [2.05, 4.69) is 22.0 Å². The summed E-state index contributed by atoms with van der Waals surface area (Å²) in [4.78, 5) is 6.98. The van der Waals surface area contributed by atoms with E-state index in [0.29, 0.717) is 12.6 Å². The van der Waals surface area contributed by atoms with Gasteiger partial charge in [-0.25, -0.2) is 4.98 Å². The number of aliphatic hydroxyl groups excluding tert-OH is 1. The van der Waals surface area contributed by atoms with Crippen molar-refractivity contribution < 1.29 is 9.84 Å². The highest BCUT2D eigenvalue weighted by Crippen LogP contribution is 2.34. The Kier molecular flexibility index (Phi) is 3.85. The molecule has 1 fully saturated rings. The van der Waals surface area contributed by atoms with E-state index in [1.165, 1.54) is 12.8 Å². The van der Waals surface area contributed by atoms with Crippen LogP contribution >= 0.6 is 0 Å². The first-order valence-electron chi connectivity index (χ1n) is 7.08. The molecule has 0 unspecified atom stereocenters. The molecule has 0 radical (unpaired) electrons. The smallest absolute Gasteiger partial charge is 0.137 e. The maximum absolute atomic E-state index is 9.43. The number of rotatable bonds is 6. The van der Waals surface area contributed by atoms with Crippen LogP contribution in [0.15, 0.2) is 30.3 Å². The van der Waals surface area contributed by atoms with Crippen molar-refractivity contribution in [1.82, 2.24) is 4.98 Å². The number of hydrogen-bond donors (Lipinski definition) is 1. The fourth-order valence-corrected chi connectivity index (χ4v) is 2.57. The highest BCUT2D eigenvalue weighted by molar-refractivity contribution is 5.92. The predicted molar refractivity (Wildman–Crippen MR) is 79.9 cm³/mol. The van der Waals surface area contributed by atoms with Crippen LogP contribution in [0.1, 0.15) is 18.5 Å². The first kappa shape index (κ1) is 13.3. The second-order valence-corrected chi connectivity index (χ2v) is 5.23. The van der Waals surface area contributed by atoms with Gasteiger partial charge in [-0.1, -0.05) is 24.3 Å². The van der Waals surface area contributed by atoms with Crippen LogP contribution in [-0.2, 0) is 11.3 Å². The molecule has 0 atom stereocenters. The monoisotopic (exact) mass is 272 g/mol. The average molecular weight is 272 g/mol. The number of anilines is 1. The number of hydrogen-bond acceptors (Lipinski definition) is 4. The summed E-state index contributed by atoms with van der Waals surface area (Å²) >= 11 is 0. The minimum Gasteiger partial charge on any atom is -0.390 e. The predicted octanol–water partition coefficient (Wildman–Crippen LogP) is 2.34. The Hall–Kier alpha value is -1.65. The van der Waals surface area contributed by atoms with Gasteiger partial charge in [-0.05, 0) is 24.3 Å². The molecule has 1 saturated carbocycles. The molecule has 1 aromatic heterocycles. The first-order chi connectivity index (χ1) is 9.83. The van der Waals surface area contributed by atoms with Gasteiger partial charge in [-0.2, -0.15) is 0 Å². The van der Waals surface area contributed by atoms with E-state index in [1.54, 1.807) is 7.11 Å². The minimum absolute atomic E-state index is 0.0272. The summed E-state index contributed by atoms with van der Waals surface area (Å²) in [5.41, 5.74) is 0.724. The van der Waals surface area contributed by atoms with Crippen molar-refractivity contribution in [1.29, 1.82) is 0 Å². The van der Waals surface area contributed by atoms with Crippen LogP contribution in [0.3, 0.4) is 0 Å². The van der Waals surface area contributed by atoms with Gasteiger partial charge in [0.1, 0.15) is 5.82 Å². The molecule has 0 amide bonds. The van der Waals surface area contributed by atoms with Crippen LogP contribution in [-0.4, -0.2) is 36.4 Å². The third-order valence-corrected chi connectivity index (χ3v) is 3.73. The molecular weight excluding hydrogens is 252 g/mol. The first-order valence-corrected chi connectivity index (χ1v) is 7.08. The Bertz CT molecular complexity index is 596. The van der Waals surface area contributed by atoms with E-state index in [4.69, 9.17) is 4.74 Å². The molecule has 1 N–H and O–H groups in total. The summed E-state index contributed by atoms with van der Waals surface area (Å²) in [5, 5.41) is 11.7. The van der Waals surface area contributed by atoms with Crippen LogP contribution in [0, 0.1) is 0 Å². The van der Waals surface area contributed by atoms with Crippen molar-refractivity contribution in [3.8, 4) is 0 Å². The molecule has 1 aromatic carbocycles. The van der Waals surface area contributed by atoms with E-state index < -0.39 is 0 Å². The molecule has 1 heterocycles. The van der Waals surface area contributed by atoms with Gasteiger partial charge < -0.3 is 14.7 Å².